The van der Waals surface area contributed by atoms with Gasteiger partial charge in [0.25, 0.3) is 7.52 Å². The minimum atomic E-state index is -3.35. The summed E-state index contributed by atoms with van der Waals surface area (Å²) < 4.78 is 22.7. The number of halogens is 2. The number of nitrogens with one attached hydrogen (secondary N) is 1. The molecule has 0 aliphatic heterocycles. The molecule has 2 atom stereocenters. The van der Waals surface area contributed by atoms with Gasteiger partial charge in [-0.3, -0.25) is 10.1 Å². The van der Waals surface area contributed by atoms with Gasteiger partial charge >= 0.3 is 0 Å². The van der Waals surface area contributed by atoms with Crippen LogP contribution in [0.25, 0.3) is 0 Å². The molecule has 1 aromatic rings. The van der Waals surface area contributed by atoms with Gasteiger partial charge in [0.1, 0.15) is 23.9 Å². The molecule has 1 rings (SSSR count). The zero-order chi connectivity index (χ0) is 13.6. The number of rotatable bonds is 8. The van der Waals surface area contributed by atoms with E-state index in [9.17, 15) is 4.57 Å². The van der Waals surface area contributed by atoms with Crippen LogP contribution in [-0.4, -0.2) is 24.1 Å². The van der Waals surface area contributed by atoms with Gasteiger partial charge in [-0.2, -0.15) is 0 Å². The second kappa shape index (κ2) is 7.53. The largest absolute Gasteiger partial charge is 0.464 e. The Hall–Kier alpha value is -0.0300. The molecule has 0 radical (unpaired) electrons. The first kappa shape index (κ1) is 16.0. The monoisotopic (exact) mass is 314 g/mol. The van der Waals surface area contributed by atoms with Gasteiger partial charge in [-0.25, -0.2) is 0 Å². The van der Waals surface area contributed by atoms with Crippen LogP contribution in [0.5, 0.6) is 0 Å². The Morgan fingerprint density at radius 3 is 2.78 bits per heavy atom. The van der Waals surface area contributed by atoms with Gasteiger partial charge in [0.15, 0.2) is 0 Å². The summed E-state index contributed by atoms with van der Waals surface area (Å²) in [6, 6.07) is 3.54. The molecule has 0 bridgehead atoms. The fourth-order valence-electron chi connectivity index (χ4n) is 1.32. The minimum absolute atomic E-state index is 0.0531. The molecule has 0 amide bonds. The number of hydrogen-bond acceptors (Lipinski definition) is 4. The second-order valence-electron chi connectivity index (χ2n) is 3.74. The van der Waals surface area contributed by atoms with Crippen molar-refractivity contribution in [1.29, 1.82) is 0 Å². The highest BCUT2D eigenvalue weighted by molar-refractivity contribution is 7.57. The normalized spacial score (nSPS) is 16.4. The Balaban J connectivity index is 2.53. The predicted octanol–water partition coefficient (Wildman–Crippen LogP) is 2.65. The minimum Gasteiger partial charge on any atom is -0.464 e. The summed E-state index contributed by atoms with van der Waals surface area (Å²) in [6.07, 6.45) is 0. The summed E-state index contributed by atoms with van der Waals surface area (Å²) >= 11 is 11.2. The third-order valence-corrected chi connectivity index (χ3v) is 4.74. The van der Waals surface area contributed by atoms with Crippen LogP contribution in [0, 0.1) is 6.92 Å². The first-order valence-electron chi connectivity index (χ1n) is 5.43. The predicted molar refractivity (Wildman–Crippen MR) is 73.3 cm³/mol. The molecule has 1 heterocycles. The molecule has 8 heteroatoms. The van der Waals surface area contributed by atoms with Gasteiger partial charge in [-0.1, -0.05) is 0 Å². The number of aryl methyl sites for hydroxylation is 1. The molecule has 0 saturated heterocycles. The molecular weight excluding hydrogens is 298 g/mol. The number of alkyl halides is 2. The highest BCUT2D eigenvalue weighted by Crippen LogP contribution is 2.43. The summed E-state index contributed by atoms with van der Waals surface area (Å²) in [4.78, 5) is 0. The van der Waals surface area contributed by atoms with E-state index in [1.54, 1.807) is 12.1 Å². The van der Waals surface area contributed by atoms with Crippen molar-refractivity contribution < 1.29 is 13.5 Å². The number of hydrogen-bond donors (Lipinski definition) is 2. The van der Waals surface area contributed by atoms with E-state index >= 15 is 0 Å². The number of nitrogens with two attached hydrogens (primary N) is 1. The zero-order valence-corrected chi connectivity index (χ0v) is 12.5. The van der Waals surface area contributed by atoms with Crippen molar-refractivity contribution in [2.75, 3.05) is 18.3 Å². The third kappa shape index (κ3) is 4.92. The van der Waals surface area contributed by atoms with E-state index in [-0.39, 0.29) is 12.5 Å². The molecule has 3 N–H and O–H groups in total. The molecular formula is C10H17Cl2N2O3P. The van der Waals surface area contributed by atoms with Crippen molar-refractivity contribution in [1.82, 2.24) is 5.32 Å². The quantitative estimate of drug-likeness (QED) is 0.570. The van der Waals surface area contributed by atoms with Gasteiger partial charge in [0.2, 0.25) is 0 Å². The van der Waals surface area contributed by atoms with Crippen molar-refractivity contribution in [3.8, 4) is 0 Å². The molecule has 104 valence electrons. The highest BCUT2D eigenvalue weighted by atomic mass is 35.5. The second-order valence-corrected chi connectivity index (χ2v) is 6.60. The van der Waals surface area contributed by atoms with E-state index < -0.39 is 13.3 Å². The standard InChI is InChI=1S/C10H17Cl2N2O3P/c1-8-2-3-9(17-8)7-16-18(13,15)10(6-12)14-5-4-11/h2-3,10,14H,4-7H2,1H3,(H2,13,15). The molecule has 0 aromatic carbocycles. The first-order valence-corrected chi connectivity index (χ1v) is 8.26. The van der Waals surface area contributed by atoms with Gasteiger partial charge in [0, 0.05) is 18.3 Å². The Morgan fingerprint density at radius 1 is 1.56 bits per heavy atom. The maximum Gasteiger partial charge on any atom is 0.285 e. The molecule has 0 aliphatic carbocycles. The van der Waals surface area contributed by atoms with Crippen molar-refractivity contribution in [3.05, 3.63) is 23.7 Å². The Kier molecular flexibility index (Phi) is 6.71. The lowest BCUT2D eigenvalue weighted by atomic mass is 10.4. The average molecular weight is 315 g/mol. The smallest absolute Gasteiger partial charge is 0.285 e. The van der Waals surface area contributed by atoms with E-state index in [2.05, 4.69) is 5.32 Å². The summed E-state index contributed by atoms with van der Waals surface area (Å²) in [5.41, 5.74) is 5.67. The van der Waals surface area contributed by atoms with Crippen molar-refractivity contribution in [3.63, 3.8) is 0 Å². The lowest BCUT2D eigenvalue weighted by molar-refractivity contribution is 0.261. The van der Waals surface area contributed by atoms with E-state index in [1.807, 2.05) is 6.92 Å². The zero-order valence-electron chi connectivity index (χ0n) is 10.1. The topological polar surface area (TPSA) is 77.5 Å². The molecule has 0 fully saturated rings. The Bertz CT molecular complexity index is 414. The molecule has 2 unspecified atom stereocenters. The van der Waals surface area contributed by atoms with E-state index in [4.69, 9.17) is 37.6 Å². The summed E-state index contributed by atoms with van der Waals surface area (Å²) in [5, 5.41) is 2.89. The SMILES string of the molecule is Cc1ccc(COP(N)(=O)C(CCl)NCCCl)o1. The van der Waals surface area contributed by atoms with Crippen LogP contribution in [0.15, 0.2) is 16.5 Å². The van der Waals surface area contributed by atoms with E-state index in [0.717, 1.165) is 5.76 Å². The van der Waals surface area contributed by atoms with Gasteiger partial charge < -0.3 is 14.3 Å². The summed E-state index contributed by atoms with van der Waals surface area (Å²) in [6.45, 7) is 2.33. The molecule has 1 aromatic heterocycles. The van der Waals surface area contributed by atoms with E-state index in [1.165, 1.54) is 0 Å². The van der Waals surface area contributed by atoms with Crippen molar-refractivity contribution in [2.45, 2.75) is 19.3 Å². The summed E-state index contributed by atoms with van der Waals surface area (Å²) in [7, 11) is -3.35. The molecule has 0 saturated carbocycles. The lowest BCUT2D eigenvalue weighted by Crippen LogP contribution is -2.35. The molecule has 0 aliphatic rings. The number of furan rings is 1. The van der Waals surface area contributed by atoms with Gasteiger partial charge in [-0.05, 0) is 19.1 Å². The molecule has 18 heavy (non-hydrogen) atoms. The van der Waals surface area contributed by atoms with Crippen molar-refractivity contribution >= 4 is 30.7 Å². The van der Waals surface area contributed by atoms with Crippen LogP contribution >= 0.6 is 30.7 Å². The van der Waals surface area contributed by atoms with Crippen LogP contribution in [0.4, 0.5) is 0 Å². The lowest BCUT2D eigenvalue weighted by Gasteiger charge is -2.22. The van der Waals surface area contributed by atoms with Crippen LogP contribution in [-0.2, 0) is 15.7 Å². The maximum atomic E-state index is 12.2. The van der Waals surface area contributed by atoms with Crippen LogP contribution < -0.4 is 10.8 Å². The van der Waals surface area contributed by atoms with Crippen LogP contribution in [0.2, 0.25) is 0 Å². The van der Waals surface area contributed by atoms with Crippen LogP contribution in [0.3, 0.4) is 0 Å². The van der Waals surface area contributed by atoms with E-state index in [0.29, 0.717) is 18.2 Å². The molecule has 0 spiro atoms. The van der Waals surface area contributed by atoms with Crippen molar-refractivity contribution in [2.24, 2.45) is 5.50 Å². The highest BCUT2D eigenvalue weighted by Gasteiger charge is 2.29. The fraction of sp³-hybridized carbons (Fsp3) is 0.600. The molecule has 5 nitrogen and oxygen atoms in total. The Labute approximate surface area is 116 Å². The van der Waals surface area contributed by atoms with Gasteiger partial charge in [0.05, 0.1) is 0 Å². The maximum absolute atomic E-state index is 12.2. The Morgan fingerprint density at radius 2 is 2.28 bits per heavy atom. The third-order valence-electron chi connectivity index (χ3n) is 2.26. The first-order chi connectivity index (χ1) is 8.49. The van der Waals surface area contributed by atoms with Gasteiger partial charge in [-0.15, -0.1) is 23.2 Å². The van der Waals surface area contributed by atoms with Crippen LogP contribution in [0.1, 0.15) is 11.5 Å². The summed E-state index contributed by atoms with van der Waals surface area (Å²) in [5.74, 6) is 1.18. The fourth-order valence-corrected chi connectivity index (χ4v) is 3.20. The average Bonchev–Trinajstić information content (AvgIpc) is 2.73.